The summed E-state index contributed by atoms with van der Waals surface area (Å²) in [5, 5.41) is 0.351. The first-order valence-corrected chi connectivity index (χ1v) is 8.76. The van der Waals surface area contributed by atoms with Crippen LogP contribution in [0.4, 0.5) is 5.00 Å². The number of ketones is 1. The van der Waals surface area contributed by atoms with E-state index in [9.17, 15) is 14.4 Å². The molecule has 1 aliphatic carbocycles. The maximum atomic E-state index is 12.6. The first kappa shape index (κ1) is 18.7. The fraction of sp³-hybridized carbons (Fsp3) is 0.278. The number of hydrogen-bond donors (Lipinski definition) is 3. The van der Waals surface area contributed by atoms with E-state index in [0.29, 0.717) is 34.7 Å². The van der Waals surface area contributed by atoms with Gasteiger partial charge in [-0.25, -0.2) is 0 Å². The molecular formula is C18H21N3O3S. The Morgan fingerprint density at radius 1 is 1.20 bits per heavy atom. The normalized spacial score (nSPS) is 15.7. The molecule has 0 saturated heterocycles. The van der Waals surface area contributed by atoms with E-state index in [-0.39, 0.29) is 17.6 Å². The number of Topliss-reactive ketones (excluding diaryl/α,β-unsaturated/α-hetero) is 1. The van der Waals surface area contributed by atoms with Crippen LogP contribution in [0, 0.1) is 0 Å². The molecule has 1 aromatic heterocycles. The predicted molar refractivity (Wildman–Crippen MR) is 98.6 cm³/mol. The Morgan fingerprint density at radius 3 is 2.32 bits per heavy atom. The van der Waals surface area contributed by atoms with E-state index in [1.54, 1.807) is 6.92 Å². The van der Waals surface area contributed by atoms with Crippen LogP contribution in [-0.4, -0.2) is 17.6 Å². The van der Waals surface area contributed by atoms with E-state index in [1.807, 2.05) is 30.3 Å². The molecule has 1 atom stereocenters. The van der Waals surface area contributed by atoms with Crippen molar-refractivity contribution < 1.29 is 14.4 Å². The molecule has 3 rings (SSSR count). The van der Waals surface area contributed by atoms with Crippen molar-refractivity contribution in [3.8, 4) is 0 Å². The number of primary amides is 2. The second-order valence-corrected chi connectivity index (χ2v) is 6.75. The summed E-state index contributed by atoms with van der Waals surface area (Å²) < 4.78 is 0. The molecule has 0 saturated carbocycles. The van der Waals surface area contributed by atoms with E-state index in [4.69, 9.17) is 11.5 Å². The number of amides is 2. The lowest BCUT2D eigenvalue weighted by molar-refractivity contribution is -0.117. The van der Waals surface area contributed by atoms with Crippen molar-refractivity contribution >= 4 is 33.9 Å². The zero-order valence-corrected chi connectivity index (χ0v) is 14.8. The molecule has 6 N–H and O–H groups in total. The molecule has 0 fully saturated rings. The average Bonchev–Trinajstić information content (AvgIpc) is 2.93. The molecule has 6 nitrogen and oxygen atoms in total. The van der Waals surface area contributed by atoms with Gasteiger partial charge in [-0.2, -0.15) is 0 Å². The van der Waals surface area contributed by atoms with Crippen LogP contribution in [0.2, 0.25) is 0 Å². The highest BCUT2D eigenvalue weighted by Gasteiger charge is 2.34. The van der Waals surface area contributed by atoms with Crippen LogP contribution in [0.3, 0.4) is 0 Å². The van der Waals surface area contributed by atoms with Gasteiger partial charge in [0.25, 0.3) is 5.91 Å². The van der Waals surface area contributed by atoms with Crippen molar-refractivity contribution in [3.63, 3.8) is 0 Å². The SMILES string of the molecule is CCC(N)=O.NC(=O)c1c(N)sc2c1CC[C@H](c1ccccc1)C2=O. The standard InChI is InChI=1S/C15H14N2O2S.C3H7NO/c16-14(19)11-10-7-6-9(8-4-2-1-3-5-8)12(18)13(10)20-15(11)17;1-2-3(4)5/h1-5,9H,6-7,17H2,(H2,16,19);2H2,1H3,(H2,4,5)/t9-;/m1./s1. The summed E-state index contributed by atoms with van der Waals surface area (Å²) in [6.45, 7) is 1.72. The smallest absolute Gasteiger partial charge is 0.251 e. The molecule has 0 bridgehead atoms. The summed E-state index contributed by atoms with van der Waals surface area (Å²) in [5.41, 5.74) is 17.9. The van der Waals surface area contributed by atoms with Gasteiger partial charge in [0.1, 0.15) is 0 Å². The van der Waals surface area contributed by atoms with Crippen molar-refractivity contribution in [2.75, 3.05) is 5.73 Å². The maximum Gasteiger partial charge on any atom is 0.251 e. The monoisotopic (exact) mass is 359 g/mol. The summed E-state index contributed by atoms with van der Waals surface area (Å²) in [7, 11) is 0. The van der Waals surface area contributed by atoms with Gasteiger partial charge in [-0.1, -0.05) is 37.3 Å². The Morgan fingerprint density at radius 2 is 1.80 bits per heavy atom. The quantitative estimate of drug-likeness (QED) is 0.776. The lowest BCUT2D eigenvalue weighted by Crippen LogP contribution is -2.22. The van der Waals surface area contributed by atoms with E-state index >= 15 is 0 Å². The Bertz CT molecular complexity index is 799. The third kappa shape index (κ3) is 4.06. The van der Waals surface area contributed by atoms with E-state index in [1.165, 1.54) is 11.3 Å². The van der Waals surface area contributed by atoms with Crippen LogP contribution >= 0.6 is 11.3 Å². The molecule has 132 valence electrons. The van der Waals surface area contributed by atoms with E-state index < -0.39 is 5.91 Å². The average molecular weight is 359 g/mol. The summed E-state index contributed by atoms with van der Waals surface area (Å²) in [5.74, 6) is -0.903. The fourth-order valence-corrected chi connectivity index (χ4v) is 3.89. The first-order chi connectivity index (χ1) is 11.9. The molecular weight excluding hydrogens is 338 g/mol. The molecule has 1 aliphatic rings. The van der Waals surface area contributed by atoms with Crippen LogP contribution in [0.25, 0.3) is 0 Å². The van der Waals surface area contributed by atoms with Crippen LogP contribution in [0.15, 0.2) is 30.3 Å². The zero-order valence-electron chi connectivity index (χ0n) is 14.0. The van der Waals surface area contributed by atoms with Crippen LogP contribution in [0.5, 0.6) is 0 Å². The van der Waals surface area contributed by atoms with Crippen molar-refractivity contribution in [1.82, 2.24) is 0 Å². The summed E-state index contributed by atoms with van der Waals surface area (Å²) in [6, 6.07) is 9.70. The Balaban J connectivity index is 0.000000399. The minimum Gasteiger partial charge on any atom is -0.390 e. The van der Waals surface area contributed by atoms with Crippen molar-refractivity contribution in [2.24, 2.45) is 11.5 Å². The van der Waals surface area contributed by atoms with Crippen molar-refractivity contribution in [1.29, 1.82) is 0 Å². The maximum absolute atomic E-state index is 12.6. The fourth-order valence-electron chi connectivity index (χ4n) is 2.77. The third-order valence-electron chi connectivity index (χ3n) is 4.05. The number of carbonyl (C=O) groups is 3. The Kier molecular flexibility index (Phi) is 5.93. The topological polar surface area (TPSA) is 129 Å². The minimum absolute atomic E-state index is 0.0432. The number of thiophene rings is 1. The van der Waals surface area contributed by atoms with Gasteiger partial charge in [-0.3, -0.25) is 14.4 Å². The predicted octanol–water partition coefficient (Wildman–Crippen LogP) is 2.22. The van der Waals surface area contributed by atoms with Gasteiger partial charge in [-0.05, 0) is 24.0 Å². The molecule has 0 spiro atoms. The number of rotatable bonds is 3. The van der Waals surface area contributed by atoms with Crippen LogP contribution in [0.1, 0.15) is 56.8 Å². The zero-order chi connectivity index (χ0) is 18.6. The molecule has 2 aromatic rings. The summed E-state index contributed by atoms with van der Waals surface area (Å²) >= 11 is 1.18. The van der Waals surface area contributed by atoms with Gasteiger partial charge in [0, 0.05) is 12.3 Å². The van der Waals surface area contributed by atoms with Crippen LogP contribution < -0.4 is 17.2 Å². The second kappa shape index (κ2) is 7.94. The number of nitrogens with two attached hydrogens (primary N) is 3. The molecule has 0 aliphatic heterocycles. The number of fused-ring (bicyclic) bond motifs is 1. The Labute approximate surface area is 150 Å². The van der Waals surface area contributed by atoms with Gasteiger partial charge in [0.05, 0.1) is 15.4 Å². The van der Waals surface area contributed by atoms with Gasteiger partial charge >= 0.3 is 0 Å². The molecule has 25 heavy (non-hydrogen) atoms. The highest BCUT2D eigenvalue weighted by molar-refractivity contribution is 7.18. The number of benzene rings is 1. The lowest BCUT2D eigenvalue weighted by Gasteiger charge is -2.21. The molecule has 0 unspecified atom stereocenters. The van der Waals surface area contributed by atoms with Gasteiger partial charge in [0.2, 0.25) is 5.91 Å². The minimum atomic E-state index is -0.550. The van der Waals surface area contributed by atoms with Gasteiger partial charge in [-0.15, -0.1) is 11.3 Å². The first-order valence-electron chi connectivity index (χ1n) is 7.95. The molecule has 2 amide bonds. The number of hydrogen-bond acceptors (Lipinski definition) is 5. The summed E-state index contributed by atoms with van der Waals surface area (Å²) in [4.78, 5) is 34.2. The van der Waals surface area contributed by atoms with Crippen LogP contribution in [-0.2, 0) is 11.2 Å². The number of nitrogen functional groups attached to an aromatic ring is 1. The van der Waals surface area contributed by atoms with Crippen molar-refractivity contribution in [3.05, 3.63) is 51.9 Å². The Hall–Kier alpha value is -2.67. The number of carbonyl (C=O) groups excluding carboxylic acids is 3. The third-order valence-corrected chi connectivity index (χ3v) is 5.13. The second-order valence-electron chi connectivity index (χ2n) is 5.70. The molecule has 0 radical (unpaired) electrons. The summed E-state index contributed by atoms with van der Waals surface area (Å²) in [6.07, 6.45) is 1.79. The largest absolute Gasteiger partial charge is 0.390 e. The van der Waals surface area contributed by atoms with Gasteiger partial charge in [0.15, 0.2) is 5.78 Å². The van der Waals surface area contributed by atoms with E-state index in [0.717, 1.165) is 11.1 Å². The molecule has 1 heterocycles. The highest BCUT2D eigenvalue weighted by Crippen LogP contribution is 2.40. The van der Waals surface area contributed by atoms with Crippen molar-refractivity contribution in [2.45, 2.75) is 32.1 Å². The lowest BCUT2D eigenvalue weighted by atomic mass is 9.82. The molecule has 1 aromatic carbocycles. The van der Waals surface area contributed by atoms with Gasteiger partial charge < -0.3 is 17.2 Å². The highest BCUT2D eigenvalue weighted by atomic mass is 32.1. The van der Waals surface area contributed by atoms with E-state index in [2.05, 4.69) is 5.73 Å². The number of anilines is 1. The molecule has 7 heteroatoms.